The fourth-order valence-corrected chi connectivity index (χ4v) is 8.12. The summed E-state index contributed by atoms with van der Waals surface area (Å²) in [6.45, 7) is 11.7. The number of anilines is 1. The van der Waals surface area contributed by atoms with Crippen LogP contribution in [0.3, 0.4) is 0 Å². The molecular formula is C42H52FN7O4. The van der Waals surface area contributed by atoms with Gasteiger partial charge in [0.2, 0.25) is 0 Å². The molecule has 1 spiro atoms. The topological polar surface area (TPSA) is 96.4 Å². The number of halogens is 1. The van der Waals surface area contributed by atoms with E-state index in [2.05, 4.69) is 69.1 Å². The highest BCUT2D eigenvalue weighted by atomic mass is 19.1. The van der Waals surface area contributed by atoms with E-state index in [-0.39, 0.29) is 40.8 Å². The number of fused-ring (bicyclic) bond motifs is 1. The van der Waals surface area contributed by atoms with Crippen molar-refractivity contribution in [2.45, 2.75) is 64.8 Å². The minimum Gasteiger partial charge on any atom is -0.490 e. The van der Waals surface area contributed by atoms with Crippen LogP contribution in [0.5, 0.6) is 17.2 Å². The fraction of sp³-hybridized carbons (Fsp3) is 0.476. The lowest BCUT2D eigenvalue weighted by molar-refractivity contribution is -0.0365. The zero-order valence-electron chi connectivity index (χ0n) is 32.1. The Bertz CT molecular complexity index is 1900. The summed E-state index contributed by atoms with van der Waals surface area (Å²) < 4.78 is 33.8. The van der Waals surface area contributed by atoms with Crippen LogP contribution in [-0.2, 0) is 17.7 Å². The third-order valence-corrected chi connectivity index (χ3v) is 10.9. The van der Waals surface area contributed by atoms with Gasteiger partial charge < -0.3 is 28.9 Å². The number of hydrogen-bond acceptors (Lipinski definition) is 10. The summed E-state index contributed by atoms with van der Waals surface area (Å²) in [5.41, 5.74) is 3.81. The first-order valence-corrected chi connectivity index (χ1v) is 19.1. The van der Waals surface area contributed by atoms with Gasteiger partial charge in [0.25, 0.3) is 5.91 Å². The van der Waals surface area contributed by atoms with Gasteiger partial charge in [0.05, 0.1) is 36.7 Å². The molecule has 286 valence electrons. The number of hydrogen-bond donors (Lipinski definition) is 0. The van der Waals surface area contributed by atoms with Gasteiger partial charge in [-0.05, 0) is 77.5 Å². The lowest BCUT2D eigenvalue weighted by Crippen LogP contribution is -2.65. The Kier molecular flexibility index (Phi) is 11.4. The molecule has 1 amide bonds. The number of amides is 1. The van der Waals surface area contributed by atoms with Gasteiger partial charge in [-0.1, -0.05) is 30.3 Å². The van der Waals surface area contributed by atoms with Crippen molar-refractivity contribution in [3.63, 3.8) is 0 Å². The van der Waals surface area contributed by atoms with Crippen molar-refractivity contribution >= 4 is 11.7 Å². The van der Waals surface area contributed by atoms with Gasteiger partial charge in [0, 0.05) is 68.9 Å². The van der Waals surface area contributed by atoms with Crippen LogP contribution < -0.4 is 14.4 Å². The summed E-state index contributed by atoms with van der Waals surface area (Å²) in [4.78, 5) is 35.6. The van der Waals surface area contributed by atoms with Crippen molar-refractivity contribution in [3.05, 3.63) is 102 Å². The minimum absolute atomic E-state index is 0.0385. The first-order chi connectivity index (χ1) is 26.1. The molecule has 1 unspecified atom stereocenters. The maximum atomic E-state index is 14.4. The van der Waals surface area contributed by atoms with Crippen molar-refractivity contribution in [3.8, 4) is 17.2 Å². The maximum Gasteiger partial charge on any atom is 0.257 e. The van der Waals surface area contributed by atoms with Crippen LogP contribution in [0.2, 0.25) is 0 Å². The number of nitrogens with zero attached hydrogens (tertiary/aromatic N) is 7. The summed E-state index contributed by atoms with van der Waals surface area (Å²) in [6, 6.07) is 16.7. The average molecular weight is 738 g/mol. The molecule has 2 aromatic carbocycles. The lowest BCUT2D eigenvalue weighted by atomic mass is 9.61. The molecule has 1 aliphatic carbocycles. The van der Waals surface area contributed by atoms with E-state index in [9.17, 15) is 9.18 Å². The summed E-state index contributed by atoms with van der Waals surface area (Å²) in [7, 11) is 4.12. The van der Waals surface area contributed by atoms with Gasteiger partial charge >= 0.3 is 0 Å². The van der Waals surface area contributed by atoms with Crippen LogP contribution in [0.15, 0.2) is 73.3 Å². The number of carbonyl (C=O) groups is 1. The van der Waals surface area contributed by atoms with Crippen molar-refractivity contribution in [2.75, 3.05) is 64.9 Å². The Hall–Kier alpha value is -4.65. The molecule has 1 saturated carbocycles. The second-order valence-electron chi connectivity index (χ2n) is 15.4. The van der Waals surface area contributed by atoms with Crippen molar-refractivity contribution in [2.24, 2.45) is 5.41 Å². The fourth-order valence-electron chi connectivity index (χ4n) is 8.12. The van der Waals surface area contributed by atoms with E-state index in [1.54, 1.807) is 11.1 Å². The smallest absolute Gasteiger partial charge is 0.257 e. The summed E-state index contributed by atoms with van der Waals surface area (Å²) in [6.07, 6.45) is 7.80. The van der Waals surface area contributed by atoms with Gasteiger partial charge in [-0.15, -0.1) is 0 Å². The summed E-state index contributed by atoms with van der Waals surface area (Å²) >= 11 is 0. The molecule has 2 fully saturated rings. The lowest BCUT2D eigenvalue weighted by Gasteiger charge is -2.59. The number of likely N-dealkylation sites (N-methyl/N-ethyl adjacent to an activating group) is 1. The van der Waals surface area contributed by atoms with Gasteiger partial charge in [-0.3, -0.25) is 14.7 Å². The molecule has 4 heterocycles. The minimum atomic E-state index is -0.498. The Balaban J connectivity index is 1.02. The number of rotatable bonds is 15. The number of pyridine rings is 1. The molecule has 7 rings (SSSR count). The summed E-state index contributed by atoms with van der Waals surface area (Å²) in [5, 5.41) is 0. The quantitative estimate of drug-likeness (QED) is 0.128. The van der Waals surface area contributed by atoms with Crippen molar-refractivity contribution in [1.29, 1.82) is 0 Å². The largest absolute Gasteiger partial charge is 0.490 e. The molecule has 11 nitrogen and oxygen atoms in total. The molecule has 2 aromatic heterocycles. The third kappa shape index (κ3) is 8.20. The van der Waals surface area contributed by atoms with E-state index in [0.29, 0.717) is 31.3 Å². The molecule has 0 radical (unpaired) electrons. The highest BCUT2D eigenvalue weighted by molar-refractivity contribution is 5.97. The molecule has 0 bridgehead atoms. The highest BCUT2D eigenvalue weighted by Crippen LogP contribution is 2.52. The second kappa shape index (κ2) is 16.4. The van der Waals surface area contributed by atoms with Crippen molar-refractivity contribution in [1.82, 2.24) is 29.7 Å². The summed E-state index contributed by atoms with van der Waals surface area (Å²) in [5.74, 6) is 1.47. The van der Waals surface area contributed by atoms with E-state index in [4.69, 9.17) is 19.2 Å². The van der Waals surface area contributed by atoms with Crippen LogP contribution in [0, 0.1) is 11.2 Å². The van der Waals surface area contributed by atoms with Crippen LogP contribution in [0.4, 0.5) is 10.2 Å². The second-order valence-corrected chi connectivity index (χ2v) is 15.4. The van der Waals surface area contributed by atoms with Crippen LogP contribution in [0.1, 0.15) is 66.8 Å². The zero-order chi connectivity index (χ0) is 37.8. The van der Waals surface area contributed by atoms with Crippen LogP contribution >= 0.6 is 0 Å². The van der Waals surface area contributed by atoms with Gasteiger partial charge in [-0.2, -0.15) is 0 Å². The van der Waals surface area contributed by atoms with E-state index < -0.39 is 5.82 Å². The van der Waals surface area contributed by atoms with Crippen molar-refractivity contribution < 1.29 is 23.4 Å². The molecule has 12 heteroatoms. The zero-order valence-corrected chi connectivity index (χ0v) is 32.1. The van der Waals surface area contributed by atoms with Crippen LogP contribution in [0.25, 0.3) is 0 Å². The van der Waals surface area contributed by atoms with Gasteiger partial charge in [-0.25, -0.2) is 14.4 Å². The Morgan fingerprint density at radius 3 is 2.57 bits per heavy atom. The van der Waals surface area contributed by atoms with E-state index in [1.807, 2.05) is 33.0 Å². The van der Waals surface area contributed by atoms with E-state index >= 15 is 0 Å². The highest BCUT2D eigenvalue weighted by Gasteiger charge is 2.54. The first-order valence-electron chi connectivity index (χ1n) is 19.1. The predicted molar refractivity (Wildman–Crippen MR) is 206 cm³/mol. The van der Waals surface area contributed by atoms with E-state index in [1.165, 1.54) is 30.1 Å². The van der Waals surface area contributed by atoms with Gasteiger partial charge in [0.1, 0.15) is 29.7 Å². The number of ether oxygens (including phenoxy) is 3. The number of benzene rings is 2. The normalized spacial score (nSPS) is 18.0. The molecule has 54 heavy (non-hydrogen) atoms. The molecular weight excluding hydrogens is 686 g/mol. The predicted octanol–water partition coefficient (Wildman–Crippen LogP) is 6.40. The number of aromatic nitrogens is 3. The molecule has 1 atom stereocenters. The Morgan fingerprint density at radius 1 is 1.04 bits per heavy atom. The Morgan fingerprint density at radius 2 is 1.83 bits per heavy atom. The molecule has 1 saturated heterocycles. The Labute approximate surface area is 318 Å². The average Bonchev–Trinajstić information content (AvgIpc) is 3.12. The molecule has 2 aliphatic heterocycles. The van der Waals surface area contributed by atoms with Gasteiger partial charge in [0.15, 0.2) is 11.6 Å². The molecule has 3 aliphatic rings. The first kappa shape index (κ1) is 37.7. The maximum absolute atomic E-state index is 14.4. The SMILES string of the molecule is CCN(C(=O)c1cc(F)ccc1Oc1cncnc1N1CC2(CC(Oc3ccnc4c3C(COCCN(C)C)N(Cc3ccccc3)CC4)C2)C1)C(C)C. The third-order valence-electron chi connectivity index (χ3n) is 10.9. The van der Waals surface area contributed by atoms with Crippen LogP contribution in [-0.4, -0.2) is 108 Å². The molecule has 4 aromatic rings. The van der Waals surface area contributed by atoms with E-state index in [0.717, 1.165) is 69.0 Å². The monoisotopic (exact) mass is 737 g/mol. The number of carbonyl (C=O) groups excluding carboxylic acids is 1. The molecule has 0 N–H and O–H groups in total. The standard InChI is InChI=1S/C42H52FN7O4/c1-6-50(29(2)3)41(51)33-20-31(43)12-13-36(33)54-38-23-44-28-46-40(38)49-26-42(27-49)21-32(22-42)53-37-14-16-45-34-15-17-48(24-30-10-8-7-9-11-30)35(39(34)37)25-52-19-18-47(4)5/h7-14,16,20,23,28-29,32,35H,6,15,17-19,21-22,24-27H2,1-5H3.